The number of nitrogens with zero attached hydrogens (tertiary/aromatic N) is 1. The Morgan fingerprint density at radius 3 is 2.68 bits per heavy atom. The summed E-state index contributed by atoms with van der Waals surface area (Å²) in [6, 6.07) is 1.30. The fourth-order valence-electron chi connectivity index (χ4n) is 3.65. The van der Waals surface area contributed by atoms with Gasteiger partial charge in [-0.25, -0.2) is 4.79 Å². The lowest BCUT2D eigenvalue weighted by Crippen LogP contribution is -2.45. The van der Waals surface area contributed by atoms with Gasteiger partial charge < -0.3 is 20.3 Å². The van der Waals surface area contributed by atoms with Crippen molar-refractivity contribution in [3.8, 4) is 0 Å². The first-order valence-corrected chi connectivity index (χ1v) is 8.78. The Hall–Kier alpha value is -0.810. The largest absolute Gasteiger partial charge is 0.444 e. The predicted molar refractivity (Wildman–Crippen MR) is 89.0 cm³/mol. The zero-order valence-corrected chi connectivity index (χ0v) is 14.7. The molecule has 1 saturated heterocycles. The number of rotatable bonds is 5. The molecule has 1 heterocycles. The van der Waals surface area contributed by atoms with Crippen molar-refractivity contribution in [1.29, 1.82) is 0 Å². The fraction of sp³-hybridized carbons (Fsp3) is 0.941. The van der Waals surface area contributed by atoms with Gasteiger partial charge in [-0.15, -0.1) is 0 Å². The molecule has 0 radical (unpaired) electrons. The minimum absolute atomic E-state index is 0.241. The van der Waals surface area contributed by atoms with Gasteiger partial charge in [-0.2, -0.15) is 0 Å². The maximum Gasteiger partial charge on any atom is 0.410 e. The van der Waals surface area contributed by atoms with E-state index in [1.807, 2.05) is 20.8 Å². The summed E-state index contributed by atoms with van der Waals surface area (Å²) in [6.45, 7) is 8.40. The van der Waals surface area contributed by atoms with Crippen molar-refractivity contribution in [1.82, 2.24) is 15.5 Å². The zero-order chi connectivity index (χ0) is 16.2. The van der Waals surface area contributed by atoms with Crippen LogP contribution in [0.4, 0.5) is 4.79 Å². The molecule has 0 aromatic rings. The Labute approximate surface area is 135 Å². The molecule has 128 valence electrons. The molecule has 1 amide bonds. The van der Waals surface area contributed by atoms with E-state index in [0.29, 0.717) is 18.6 Å². The van der Waals surface area contributed by atoms with Crippen LogP contribution in [0.3, 0.4) is 0 Å². The van der Waals surface area contributed by atoms with Crippen molar-refractivity contribution in [2.75, 3.05) is 26.7 Å². The minimum atomic E-state index is -0.427. The van der Waals surface area contributed by atoms with Crippen LogP contribution in [0.5, 0.6) is 0 Å². The van der Waals surface area contributed by atoms with E-state index in [0.717, 1.165) is 12.5 Å². The van der Waals surface area contributed by atoms with Gasteiger partial charge in [-0.1, -0.05) is 6.42 Å². The van der Waals surface area contributed by atoms with Gasteiger partial charge in [0, 0.05) is 32.2 Å². The smallest absolute Gasteiger partial charge is 0.410 e. The van der Waals surface area contributed by atoms with E-state index in [9.17, 15) is 4.79 Å². The highest BCUT2D eigenvalue weighted by atomic mass is 16.6. The Balaban J connectivity index is 1.70. The van der Waals surface area contributed by atoms with Crippen LogP contribution in [0.15, 0.2) is 0 Å². The van der Waals surface area contributed by atoms with Crippen LogP contribution in [-0.4, -0.2) is 55.4 Å². The number of hydrogen-bond acceptors (Lipinski definition) is 4. The number of likely N-dealkylation sites (N-methyl/N-ethyl adjacent to an activating group) is 1. The molecule has 0 aromatic carbocycles. The van der Waals surface area contributed by atoms with Crippen molar-refractivity contribution in [3.05, 3.63) is 0 Å². The molecule has 2 rings (SSSR count). The topological polar surface area (TPSA) is 53.6 Å². The molecule has 0 aromatic heterocycles. The summed E-state index contributed by atoms with van der Waals surface area (Å²) < 4.78 is 5.37. The molecule has 0 spiro atoms. The van der Waals surface area contributed by atoms with E-state index in [-0.39, 0.29) is 6.09 Å². The van der Waals surface area contributed by atoms with Gasteiger partial charge in [0.25, 0.3) is 0 Å². The Bertz CT molecular complexity index is 361. The standard InChI is InChI=1S/C17H33N3O2/c1-17(2,3)22-16(21)20(4)12-11-19-14-8-5-7-13(14)15-9-6-10-18-15/h13-15,18-19H,5-12H2,1-4H3. The lowest BCUT2D eigenvalue weighted by molar-refractivity contribution is 0.0298. The Kier molecular flexibility index (Phi) is 6.09. The summed E-state index contributed by atoms with van der Waals surface area (Å²) in [7, 11) is 1.81. The normalized spacial score (nSPS) is 28.8. The van der Waals surface area contributed by atoms with Gasteiger partial charge in [0.05, 0.1) is 0 Å². The summed E-state index contributed by atoms with van der Waals surface area (Å²) in [6.07, 6.45) is 6.31. The number of amides is 1. The lowest BCUT2D eigenvalue weighted by atomic mass is 9.93. The van der Waals surface area contributed by atoms with Crippen LogP contribution in [0.25, 0.3) is 0 Å². The van der Waals surface area contributed by atoms with E-state index < -0.39 is 5.60 Å². The lowest BCUT2D eigenvalue weighted by Gasteiger charge is -2.28. The molecule has 3 atom stereocenters. The molecule has 0 bridgehead atoms. The van der Waals surface area contributed by atoms with Gasteiger partial charge in [-0.05, 0) is 58.9 Å². The molecule has 1 saturated carbocycles. The van der Waals surface area contributed by atoms with Crippen LogP contribution in [-0.2, 0) is 4.74 Å². The SMILES string of the molecule is CN(CCNC1CCCC1C1CCCN1)C(=O)OC(C)(C)C. The van der Waals surface area contributed by atoms with Crippen molar-refractivity contribution in [3.63, 3.8) is 0 Å². The van der Waals surface area contributed by atoms with Gasteiger partial charge in [0.1, 0.15) is 5.60 Å². The quantitative estimate of drug-likeness (QED) is 0.818. The summed E-state index contributed by atoms with van der Waals surface area (Å²) in [4.78, 5) is 13.6. The summed E-state index contributed by atoms with van der Waals surface area (Å²) in [5.74, 6) is 0.759. The van der Waals surface area contributed by atoms with Crippen molar-refractivity contribution >= 4 is 6.09 Å². The van der Waals surface area contributed by atoms with Gasteiger partial charge in [0.2, 0.25) is 0 Å². The molecule has 5 heteroatoms. The number of carbonyl (C=O) groups is 1. The first-order valence-electron chi connectivity index (χ1n) is 8.78. The Morgan fingerprint density at radius 2 is 2.05 bits per heavy atom. The van der Waals surface area contributed by atoms with E-state index in [1.54, 1.807) is 11.9 Å². The van der Waals surface area contributed by atoms with Crippen molar-refractivity contribution < 1.29 is 9.53 Å². The van der Waals surface area contributed by atoms with Crippen molar-refractivity contribution in [2.45, 2.75) is 70.6 Å². The Morgan fingerprint density at radius 1 is 1.27 bits per heavy atom. The maximum absolute atomic E-state index is 11.9. The van der Waals surface area contributed by atoms with Crippen LogP contribution in [0, 0.1) is 5.92 Å². The molecule has 1 aliphatic heterocycles. The van der Waals surface area contributed by atoms with Gasteiger partial charge in [0.15, 0.2) is 0 Å². The molecular weight excluding hydrogens is 278 g/mol. The van der Waals surface area contributed by atoms with Crippen LogP contribution in [0.2, 0.25) is 0 Å². The summed E-state index contributed by atoms with van der Waals surface area (Å²) in [5, 5.41) is 7.31. The third kappa shape index (κ3) is 5.13. The monoisotopic (exact) mass is 311 g/mol. The second kappa shape index (κ2) is 7.64. The second-order valence-electron chi connectivity index (χ2n) is 7.76. The highest BCUT2D eigenvalue weighted by Crippen LogP contribution is 2.31. The van der Waals surface area contributed by atoms with Gasteiger partial charge in [-0.3, -0.25) is 0 Å². The molecule has 22 heavy (non-hydrogen) atoms. The highest BCUT2D eigenvalue weighted by molar-refractivity contribution is 5.67. The molecule has 2 N–H and O–H groups in total. The van der Waals surface area contributed by atoms with E-state index in [2.05, 4.69) is 10.6 Å². The van der Waals surface area contributed by atoms with Crippen molar-refractivity contribution in [2.24, 2.45) is 5.92 Å². The first-order chi connectivity index (χ1) is 10.4. The third-order valence-electron chi connectivity index (χ3n) is 4.74. The number of carbonyl (C=O) groups excluding carboxylic acids is 1. The number of hydrogen-bond donors (Lipinski definition) is 2. The second-order valence-corrected chi connectivity index (χ2v) is 7.76. The van der Waals surface area contributed by atoms with E-state index in [4.69, 9.17) is 4.74 Å². The van der Waals surface area contributed by atoms with E-state index >= 15 is 0 Å². The fourth-order valence-corrected chi connectivity index (χ4v) is 3.65. The average Bonchev–Trinajstić information content (AvgIpc) is 3.06. The molecule has 5 nitrogen and oxygen atoms in total. The summed E-state index contributed by atoms with van der Waals surface area (Å²) >= 11 is 0. The number of ether oxygens (including phenoxy) is 1. The molecule has 2 aliphatic rings. The average molecular weight is 311 g/mol. The molecule has 3 unspecified atom stereocenters. The minimum Gasteiger partial charge on any atom is -0.444 e. The predicted octanol–water partition coefficient (Wildman–Crippen LogP) is 2.36. The maximum atomic E-state index is 11.9. The molecule has 2 fully saturated rings. The summed E-state index contributed by atoms with van der Waals surface area (Å²) in [5.41, 5.74) is -0.427. The van der Waals surface area contributed by atoms with Crippen LogP contribution >= 0.6 is 0 Å². The molecule has 1 aliphatic carbocycles. The first kappa shape index (κ1) is 17.5. The molecular formula is C17H33N3O2. The van der Waals surface area contributed by atoms with Crippen LogP contribution in [0.1, 0.15) is 52.9 Å². The van der Waals surface area contributed by atoms with Crippen LogP contribution < -0.4 is 10.6 Å². The highest BCUT2D eigenvalue weighted by Gasteiger charge is 2.34. The van der Waals surface area contributed by atoms with Gasteiger partial charge >= 0.3 is 6.09 Å². The number of nitrogens with one attached hydrogen (secondary N) is 2. The van der Waals surface area contributed by atoms with E-state index in [1.165, 1.54) is 38.6 Å². The zero-order valence-electron chi connectivity index (χ0n) is 14.7. The third-order valence-corrected chi connectivity index (χ3v) is 4.74.